The minimum Gasteiger partial charge on any atom is -0.497 e. The number of thioether (sulfide) groups is 1. The number of rotatable bonds is 4. The van der Waals surface area contributed by atoms with Crippen molar-refractivity contribution in [3.8, 4) is 5.75 Å². The van der Waals surface area contributed by atoms with Gasteiger partial charge in [0.1, 0.15) is 5.75 Å². The third-order valence-electron chi connectivity index (χ3n) is 4.18. The average Bonchev–Trinajstić information content (AvgIpc) is 2.60. The molecule has 6 heteroatoms. The second-order valence-corrected chi connectivity index (χ2v) is 6.85. The lowest BCUT2D eigenvalue weighted by atomic mass is 10.0. The van der Waals surface area contributed by atoms with Crippen molar-refractivity contribution in [3.63, 3.8) is 0 Å². The molecule has 1 aromatic carbocycles. The van der Waals surface area contributed by atoms with E-state index in [1.54, 1.807) is 24.8 Å². The molecule has 0 atom stereocenters. The number of nitrogens with zero attached hydrogens (tertiary/aromatic N) is 2. The summed E-state index contributed by atoms with van der Waals surface area (Å²) >= 11 is 1.51. The van der Waals surface area contributed by atoms with E-state index in [0.717, 1.165) is 28.2 Å². The number of pyridine rings is 1. The SMILES string of the molecule is COc1cccc(SCC(=O)N2CCc3cc(=O)n(C)cc3C2)c1. The van der Waals surface area contributed by atoms with E-state index in [1.807, 2.05) is 35.4 Å². The number of benzene rings is 1. The largest absolute Gasteiger partial charge is 0.497 e. The summed E-state index contributed by atoms with van der Waals surface area (Å²) in [6.45, 7) is 1.23. The lowest BCUT2D eigenvalue weighted by Gasteiger charge is -2.29. The van der Waals surface area contributed by atoms with E-state index in [1.165, 1.54) is 11.8 Å². The third-order valence-corrected chi connectivity index (χ3v) is 5.15. The smallest absolute Gasteiger partial charge is 0.250 e. The van der Waals surface area contributed by atoms with Gasteiger partial charge in [-0.05, 0) is 35.7 Å². The zero-order valence-corrected chi connectivity index (χ0v) is 14.6. The lowest BCUT2D eigenvalue weighted by Crippen LogP contribution is -2.38. The first kappa shape index (κ1) is 16.6. The van der Waals surface area contributed by atoms with Crippen LogP contribution in [-0.4, -0.2) is 34.8 Å². The van der Waals surface area contributed by atoms with Gasteiger partial charge in [-0.25, -0.2) is 0 Å². The van der Waals surface area contributed by atoms with Crippen LogP contribution >= 0.6 is 11.8 Å². The highest BCUT2D eigenvalue weighted by atomic mass is 32.2. The molecule has 1 aliphatic heterocycles. The van der Waals surface area contributed by atoms with E-state index in [0.29, 0.717) is 18.8 Å². The summed E-state index contributed by atoms with van der Waals surface area (Å²) in [5.74, 6) is 1.30. The number of fused-ring (bicyclic) bond motifs is 1. The van der Waals surface area contributed by atoms with Gasteiger partial charge in [-0.1, -0.05) is 6.07 Å². The molecule has 1 aliphatic rings. The second kappa shape index (κ2) is 7.13. The molecule has 1 aromatic heterocycles. The topological polar surface area (TPSA) is 51.5 Å². The number of methoxy groups -OCH3 is 1. The Labute approximate surface area is 145 Å². The van der Waals surface area contributed by atoms with Crippen LogP contribution < -0.4 is 10.3 Å². The van der Waals surface area contributed by atoms with Gasteiger partial charge in [-0.2, -0.15) is 0 Å². The van der Waals surface area contributed by atoms with Gasteiger partial charge in [0.25, 0.3) is 5.56 Å². The molecule has 0 N–H and O–H groups in total. The molecule has 0 bridgehead atoms. The van der Waals surface area contributed by atoms with E-state index in [2.05, 4.69) is 0 Å². The Kier molecular flexibility index (Phi) is 4.94. The van der Waals surface area contributed by atoms with Crippen molar-refractivity contribution in [2.75, 3.05) is 19.4 Å². The number of hydrogen-bond donors (Lipinski definition) is 0. The van der Waals surface area contributed by atoms with Gasteiger partial charge in [0.05, 0.1) is 12.9 Å². The number of amides is 1. The van der Waals surface area contributed by atoms with Gasteiger partial charge in [0, 0.05) is 37.3 Å². The van der Waals surface area contributed by atoms with Gasteiger partial charge >= 0.3 is 0 Å². The van der Waals surface area contributed by atoms with Crippen LogP contribution in [0.15, 0.2) is 46.2 Å². The Hall–Kier alpha value is -2.21. The van der Waals surface area contributed by atoms with Crippen LogP contribution in [0.25, 0.3) is 0 Å². The molecule has 2 aromatic rings. The monoisotopic (exact) mass is 344 g/mol. The minimum atomic E-state index is 0.00195. The summed E-state index contributed by atoms with van der Waals surface area (Å²) in [5.41, 5.74) is 2.12. The molecule has 0 saturated carbocycles. The van der Waals surface area contributed by atoms with Crippen LogP contribution in [0.5, 0.6) is 5.75 Å². The average molecular weight is 344 g/mol. The first-order chi connectivity index (χ1) is 11.6. The number of ether oxygens (including phenoxy) is 1. The van der Waals surface area contributed by atoms with E-state index < -0.39 is 0 Å². The predicted octanol–water partition coefficient (Wildman–Crippen LogP) is 2.07. The van der Waals surface area contributed by atoms with Crippen LogP contribution in [0.1, 0.15) is 11.1 Å². The summed E-state index contributed by atoms with van der Waals surface area (Å²) in [6, 6.07) is 9.39. The first-order valence-electron chi connectivity index (χ1n) is 7.80. The summed E-state index contributed by atoms with van der Waals surface area (Å²) in [6.07, 6.45) is 2.58. The molecule has 0 aliphatic carbocycles. The van der Waals surface area contributed by atoms with E-state index in [4.69, 9.17) is 4.74 Å². The summed E-state index contributed by atoms with van der Waals surface area (Å²) in [4.78, 5) is 27.1. The molecule has 0 fully saturated rings. The van der Waals surface area contributed by atoms with E-state index in [-0.39, 0.29) is 11.5 Å². The Balaban J connectivity index is 1.63. The van der Waals surface area contributed by atoms with Crippen molar-refractivity contribution in [2.24, 2.45) is 7.05 Å². The van der Waals surface area contributed by atoms with Crippen LogP contribution in [0.4, 0.5) is 0 Å². The molecular weight excluding hydrogens is 324 g/mol. The zero-order chi connectivity index (χ0) is 17.1. The van der Waals surface area contributed by atoms with Gasteiger partial charge in [0.2, 0.25) is 5.91 Å². The molecule has 5 nitrogen and oxygen atoms in total. The highest BCUT2D eigenvalue weighted by Gasteiger charge is 2.21. The lowest BCUT2D eigenvalue weighted by molar-refractivity contribution is -0.129. The van der Waals surface area contributed by atoms with Gasteiger partial charge in [-0.3, -0.25) is 9.59 Å². The number of hydrogen-bond acceptors (Lipinski definition) is 4. The summed E-state index contributed by atoms with van der Waals surface area (Å²) in [5, 5.41) is 0. The van der Waals surface area contributed by atoms with Crippen molar-refractivity contribution in [1.29, 1.82) is 0 Å². The van der Waals surface area contributed by atoms with Gasteiger partial charge in [-0.15, -0.1) is 11.8 Å². The maximum atomic E-state index is 12.5. The summed E-state index contributed by atoms with van der Waals surface area (Å²) < 4.78 is 6.77. The predicted molar refractivity (Wildman–Crippen MR) is 94.5 cm³/mol. The maximum Gasteiger partial charge on any atom is 0.250 e. The maximum absolute atomic E-state index is 12.5. The fourth-order valence-electron chi connectivity index (χ4n) is 2.78. The quantitative estimate of drug-likeness (QED) is 0.797. The number of carbonyl (C=O) groups excluding carboxylic acids is 1. The molecule has 2 heterocycles. The van der Waals surface area contributed by atoms with Crippen molar-refractivity contribution < 1.29 is 9.53 Å². The van der Waals surface area contributed by atoms with Crippen molar-refractivity contribution in [2.45, 2.75) is 17.9 Å². The fourth-order valence-corrected chi connectivity index (χ4v) is 3.63. The number of aromatic nitrogens is 1. The highest BCUT2D eigenvalue weighted by Crippen LogP contribution is 2.24. The minimum absolute atomic E-state index is 0.00195. The fraction of sp³-hybridized carbons (Fsp3) is 0.333. The molecule has 0 radical (unpaired) electrons. The van der Waals surface area contributed by atoms with Crippen LogP contribution in [-0.2, 0) is 24.8 Å². The Morgan fingerprint density at radius 3 is 2.92 bits per heavy atom. The molecule has 1 amide bonds. The van der Waals surface area contributed by atoms with Crippen molar-refractivity contribution in [1.82, 2.24) is 9.47 Å². The molecule has 3 rings (SSSR count). The zero-order valence-electron chi connectivity index (χ0n) is 13.8. The van der Waals surface area contributed by atoms with Crippen molar-refractivity contribution in [3.05, 3.63) is 58.0 Å². The van der Waals surface area contributed by atoms with Gasteiger partial charge < -0.3 is 14.2 Å². The van der Waals surface area contributed by atoms with Crippen LogP contribution in [0.3, 0.4) is 0 Å². The molecule has 126 valence electrons. The standard InChI is InChI=1S/C18H20N2O3S/c1-19-10-14-11-20(7-6-13(14)8-17(19)21)18(22)12-24-16-5-3-4-15(9-16)23-2/h3-5,8-10H,6-7,11-12H2,1-2H3. The molecule has 0 unspecified atom stereocenters. The normalized spacial score (nSPS) is 13.5. The Bertz CT molecular complexity index is 816. The molecular formula is C18H20N2O3S. The summed E-state index contributed by atoms with van der Waals surface area (Å²) in [7, 11) is 3.37. The molecule has 0 spiro atoms. The van der Waals surface area contributed by atoms with E-state index in [9.17, 15) is 9.59 Å². The van der Waals surface area contributed by atoms with Crippen molar-refractivity contribution >= 4 is 17.7 Å². The molecule has 24 heavy (non-hydrogen) atoms. The van der Waals surface area contributed by atoms with Crippen LogP contribution in [0, 0.1) is 0 Å². The van der Waals surface area contributed by atoms with Crippen LogP contribution in [0.2, 0.25) is 0 Å². The Morgan fingerprint density at radius 2 is 2.12 bits per heavy atom. The molecule has 0 saturated heterocycles. The highest BCUT2D eigenvalue weighted by molar-refractivity contribution is 8.00. The first-order valence-corrected chi connectivity index (χ1v) is 8.78. The van der Waals surface area contributed by atoms with Gasteiger partial charge in [0.15, 0.2) is 0 Å². The third kappa shape index (κ3) is 3.64. The Morgan fingerprint density at radius 1 is 1.29 bits per heavy atom. The second-order valence-electron chi connectivity index (χ2n) is 5.81. The van der Waals surface area contributed by atoms with E-state index >= 15 is 0 Å². The number of aryl methyl sites for hydroxylation is 1. The number of carbonyl (C=O) groups is 1.